The number of methoxy groups -OCH3 is 2. The van der Waals surface area contributed by atoms with Gasteiger partial charge in [0.25, 0.3) is 0 Å². The summed E-state index contributed by atoms with van der Waals surface area (Å²) < 4.78 is 11.7. The van der Waals surface area contributed by atoms with Crippen LogP contribution < -0.4 is 14.8 Å². The molecule has 102 valence electrons. The minimum atomic E-state index is 0.342. The molecule has 0 aliphatic rings. The van der Waals surface area contributed by atoms with E-state index < -0.39 is 0 Å². The van der Waals surface area contributed by atoms with Gasteiger partial charge < -0.3 is 14.8 Å². The molecule has 0 bridgehead atoms. The van der Waals surface area contributed by atoms with Crippen LogP contribution in [0.1, 0.15) is 38.3 Å². The maximum Gasteiger partial charge on any atom is 0.161 e. The molecule has 0 saturated heterocycles. The average molecular weight is 316 g/mol. The van der Waals surface area contributed by atoms with Crippen molar-refractivity contribution in [2.45, 2.75) is 32.7 Å². The number of benzene rings is 1. The van der Waals surface area contributed by atoms with Crippen molar-refractivity contribution in [3.05, 3.63) is 22.2 Å². The Labute approximate surface area is 118 Å². The molecule has 18 heavy (non-hydrogen) atoms. The number of hydrogen-bond donors (Lipinski definition) is 1. The smallest absolute Gasteiger partial charge is 0.161 e. The summed E-state index contributed by atoms with van der Waals surface area (Å²) in [7, 11) is 3.31. The Hall–Kier alpha value is -0.740. The molecular formula is C14H22BrNO2. The number of nitrogens with one attached hydrogen (secondary N) is 1. The van der Waals surface area contributed by atoms with E-state index >= 15 is 0 Å². The Bertz CT molecular complexity index is 376. The number of hydrogen-bond acceptors (Lipinski definition) is 3. The molecule has 0 amide bonds. The average Bonchev–Trinajstić information content (AvgIpc) is 2.38. The zero-order valence-corrected chi connectivity index (χ0v) is 13.1. The molecule has 1 atom stereocenters. The molecule has 1 unspecified atom stereocenters. The summed E-state index contributed by atoms with van der Waals surface area (Å²) in [6.07, 6.45) is 2.24. The van der Waals surface area contributed by atoms with E-state index in [-0.39, 0.29) is 0 Å². The molecule has 4 heteroatoms. The Morgan fingerprint density at radius 2 is 1.78 bits per heavy atom. The van der Waals surface area contributed by atoms with Crippen molar-refractivity contribution in [2.24, 2.45) is 0 Å². The van der Waals surface area contributed by atoms with Crippen LogP contribution in [0.3, 0.4) is 0 Å². The first-order valence-corrected chi connectivity index (χ1v) is 7.11. The molecule has 1 N–H and O–H groups in total. The van der Waals surface area contributed by atoms with Crippen LogP contribution in [-0.4, -0.2) is 20.8 Å². The minimum absolute atomic E-state index is 0.342. The second kappa shape index (κ2) is 7.64. The number of halogens is 1. The summed E-state index contributed by atoms with van der Waals surface area (Å²) >= 11 is 3.62. The number of ether oxygens (including phenoxy) is 2. The normalized spacial score (nSPS) is 12.3. The molecule has 1 aromatic rings. The zero-order valence-electron chi connectivity index (χ0n) is 11.5. The molecule has 0 saturated carbocycles. The van der Waals surface area contributed by atoms with Crippen LogP contribution in [0.25, 0.3) is 0 Å². The van der Waals surface area contributed by atoms with Crippen LogP contribution in [0.4, 0.5) is 0 Å². The lowest BCUT2D eigenvalue weighted by molar-refractivity contribution is 0.353. The van der Waals surface area contributed by atoms with Crippen molar-refractivity contribution in [2.75, 3.05) is 20.8 Å². The van der Waals surface area contributed by atoms with Gasteiger partial charge in [0.05, 0.1) is 14.2 Å². The highest BCUT2D eigenvalue weighted by Gasteiger charge is 2.16. The van der Waals surface area contributed by atoms with Crippen LogP contribution in [0.2, 0.25) is 0 Å². The van der Waals surface area contributed by atoms with Gasteiger partial charge >= 0.3 is 0 Å². The zero-order chi connectivity index (χ0) is 13.5. The first-order chi connectivity index (χ1) is 8.67. The summed E-state index contributed by atoms with van der Waals surface area (Å²) in [6.45, 7) is 5.27. The van der Waals surface area contributed by atoms with Crippen LogP contribution in [0.5, 0.6) is 11.5 Å². The molecule has 1 rings (SSSR count). The maximum atomic E-state index is 5.36. The molecule has 0 heterocycles. The van der Waals surface area contributed by atoms with Gasteiger partial charge in [-0.15, -0.1) is 0 Å². The quantitative estimate of drug-likeness (QED) is 0.827. The third-order valence-corrected chi connectivity index (χ3v) is 3.59. The SMILES string of the molecule is CCCC(NCC)c1cc(OC)c(OC)cc1Br. The van der Waals surface area contributed by atoms with E-state index in [1.54, 1.807) is 14.2 Å². The van der Waals surface area contributed by atoms with E-state index in [0.717, 1.165) is 35.4 Å². The van der Waals surface area contributed by atoms with Gasteiger partial charge in [0.1, 0.15) is 0 Å². The van der Waals surface area contributed by atoms with Gasteiger partial charge in [-0.25, -0.2) is 0 Å². The monoisotopic (exact) mass is 315 g/mol. The van der Waals surface area contributed by atoms with Crippen molar-refractivity contribution in [1.82, 2.24) is 5.32 Å². The van der Waals surface area contributed by atoms with Crippen molar-refractivity contribution < 1.29 is 9.47 Å². The molecule has 1 aromatic carbocycles. The Morgan fingerprint density at radius 1 is 1.17 bits per heavy atom. The predicted molar refractivity (Wildman–Crippen MR) is 78.6 cm³/mol. The Morgan fingerprint density at radius 3 is 2.28 bits per heavy atom. The van der Waals surface area contributed by atoms with Gasteiger partial charge in [-0.1, -0.05) is 36.2 Å². The van der Waals surface area contributed by atoms with E-state index in [0.29, 0.717) is 6.04 Å². The Kier molecular flexibility index (Phi) is 6.50. The van der Waals surface area contributed by atoms with Crippen molar-refractivity contribution in [3.8, 4) is 11.5 Å². The topological polar surface area (TPSA) is 30.5 Å². The van der Waals surface area contributed by atoms with Gasteiger partial charge in [0.15, 0.2) is 11.5 Å². The Balaban J connectivity index is 3.12. The molecule has 0 aliphatic carbocycles. The lowest BCUT2D eigenvalue weighted by atomic mass is 10.0. The molecule has 0 aromatic heterocycles. The fourth-order valence-corrected chi connectivity index (χ4v) is 2.64. The third-order valence-electron chi connectivity index (χ3n) is 2.91. The van der Waals surface area contributed by atoms with Gasteiger partial charge in [0.2, 0.25) is 0 Å². The van der Waals surface area contributed by atoms with Crippen molar-refractivity contribution in [1.29, 1.82) is 0 Å². The fraction of sp³-hybridized carbons (Fsp3) is 0.571. The van der Waals surface area contributed by atoms with Crippen LogP contribution in [-0.2, 0) is 0 Å². The van der Waals surface area contributed by atoms with Gasteiger partial charge in [-0.3, -0.25) is 0 Å². The van der Waals surface area contributed by atoms with E-state index in [1.165, 1.54) is 5.56 Å². The van der Waals surface area contributed by atoms with E-state index in [9.17, 15) is 0 Å². The highest BCUT2D eigenvalue weighted by Crippen LogP contribution is 2.37. The summed E-state index contributed by atoms with van der Waals surface area (Å²) in [4.78, 5) is 0. The first kappa shape index (κ1) is 15.3. The highest BCUT2D eigenvalue weighted by atomic mass is 79.9. The summed E-state index contributed by atoms with van der Waals surface area (Å²) in [5.41, 5.74) is 1.22. The molecule has 0 fully saturated rings. The van der Waals surface area contributed by atoms with Crippen LogP contribution >= 0.6 is 15.9 Å². The van der Waals surface area contributed by atoms with E-state index in [2.05, 4.69) is 35.1 Å². The standard InChI is InChI=1S/C14H22BrNO2/c1-5-7-12(16-6-2)10-8-13(17-3)14(18-4)9-11(10)15/h8-9,12,16H,5-7H2,1-4H3. The molecule has 0 spiro atoms. The first-order valence-electron chi connectivity index (χ1n) is 6.32. The second-order valence-corrected chi connectivity index (χ2v) is 4.98. The van der Waals surface area contributed by atoms with E-state index in [1.807, 2.05) is 12.1 Å². The van der Waals surface area contributed by atoms with Crippen LogP contribution in [0, 0.1) is 0 Å². The van der Waals surface area contributed by atoms with Crippen LogP contribution in [0.15, 0.2) is 16.6 Å². The second-order valence-electron chi connectivity index (χ2n) is 4.13. The highest BCUT2D eigenvalue weighted by molar-refractivity contribution is 9.10. The lowest BCUT2D eigenvalue weighted by Crippen LogP contribution is -2.21. The molecule has 3 nitrogen and oxygen atoms in total. The molecular weight excluding hydrogens is 294 g/mol. The summed E-state index contributed by atoms with van der Waals surface area (Å²) in [5.74, 6) is 1.52. The van der Waals surface area contributed by atoms with Gasteiger partial charge in [0, 0.05) is 10.5 Å². The minimum Gasteiger partial charge on any atom is -0.493 e. The summed E-state index contributed by atoms with van der Waals surface area (Å²) in [6, 6.07) is 4.36. The summed E-state index contributed by atoms with van der Waals surface area (Å²) in [5, 5.41) is 3.50. The predicted octanol–water partition coefficient (Wildman–Crippen LogP) is 3.92. The van der Waals surface area contributed by atoms with Gasteiger partial charge in [-0.05, 0) is 30.7 Å². The lowest BCUT2D eigenvalue weighted by Gasteiger charge is -2.21. The third kappa shape index (κ3) is 3.62. The fourth-order valence-electron chi connectivity index (χ4n) is 2.04. The van der Waals surface area contributed by atoms with Crippen molar-refractivity contribution >= 4 is 15.9 Å². The largest absolute Gasteiger partial charge is 0.493 e. The van der Waals surface area contributed by atoms with E-state index in [4.69, 9.17) is 9.47 Å². The van der Waals surface area contributed by atoms with Crippen molar-refractivity contribution in [3.63, 3.8) is 0 Å². The molecule has 0 radical (unpaired) electrons. The van der Waals surface area contributed by atoms with Gasteiger partial charge in [-0.2, -0.15) is 0 Å². The molecule has 0 aliphatic heterocycles. The maximum absolute atomic E-state index is 5.36. The number of rotatable bonds is 7.